The van der Waals surface area contributed by atoms with Crippen molar-refractivity contribution in [1.29, 1.82) is 0 Å². The van der Waals surface area contributed by atoms with Crippen LogP contribution in [-0.2, 0) is 26.1 Å². The molecule has 0 heterocycles. The first kappa shape index (κ1) is 37.4. The average molecular weight is 181 g/mol. The summed E-state index contributed by atoms with van der Waals surface area (Å²) in [7, 11) is 2.00. The van der Waals surface area contributed by atoms with E-state index in [-0.39, 0.29) is 16.5 Å². The molecule has 0 rings (SSSR count). The van der Waals surface area contributed by atoms with Gasteiger partial charge in [-0.15, -0.1) is 0 Å². The van der Waals surface area contributed by atoms with Gasteiger partial charge in [-0.3, -0.25) is 13.6 Å². The van der Waals surface area contributed by atoms with Crippen molar-refractivity contribution in [3.8, 4) is 0 Å². The first-order chi connectivity index (χ1) is 4.00. The van der Waals surface area contributed by atoms with Crippen LogP contribution in [0, 0.1) is 0 Å². The molecule has 0 unspecified atom stereocenters. The maximum absolute atomic E-state index is 7.75. The summed E-state index contributed by atoms with van der Waals surface area (Å²) in [5.41, 5.74) is 0. The molecule has 0 saturated carbocycles. The van der Waals surface area contributed by atoms with Crippen LogP contribution in [0.5, 0.6) is 0 Å². The summed E-state index contributed by atoms with van der Waals surface area (Å²) < 4.78 is 0. The van der Waals surface area contributed by atoms with Gasteiger partial charge in [0.2, 0.25) is 0 Å². The monoisotopic (exact) mass is 180 g/mol. The van der Waals surface area contributed by atoms with Crippen LogP contribution >= 0.6 is 0 Å². The third-order valence-electron chi connectivity index (χ3n) is 0. The van der Waals surface area contributed by atoms with Crippen LogP contribution in [0.15, 0.2) is 0 Å². The maximum atomic E-state index is 7.75. The van der Waals surface area contributed by atoms with Crippen molar-refractivity contribution in [3.05, 3.63) is 0 Å². The molecule has 4 nitrogen and oxygen atoms in total. The van der Waals surface area contributed by atoms with Crippen molar-refractivity contribution in [2.45, 2.75) is 0 Å². The minimum atomic E-state index is 0. The Balaban J connectivity index is -0.00000000762. The largest absolute Gasteiger partial charge is 2.00 e. The van der Waals surface area contributed by atoms with Crippen molar-refractivity contribution in [1.82, 2.24) is 0 Å². The zero-order valence-corrected chi connectivity index (χ0v) is 6.17. The van der Waals surface area contributed by atoms with Crippen molar-refractivity contribution in [2.24, 2.45) is 0 Å². The first-order valence-corrected chi connectivity index (χ1v) is 1.37. The van der Waals surface area contributed by atoms with Gasteiger partial charge in [-0.1, -0.05) is 0 Å². The molecule has 0 aromatic heterocycles. The van der Waals surface area contributed by atoms with E-state index in [9.17, 15) is 0 Å². The van der Waals surface area contributed by atoms with E-state index in [1.807, 2.05) is 0 Å². The molecule has 0 aliphatic heterocycles. The smallest absolute Gasteiger partial charge is 0.545 e. The molecule has 5 heteroatoms. The molecule has 0 bridgehead atoms. The molecule has 0 spiro atoms. The zero-order valence-electron chi connectivity index (χ0n) is 5.18. The fourth-order valence-corrected chi connectivity index (χ4v) is 0. The number of aliphatic hydroxyl groups is 2. The van der Waals surface area contributed by atoms with Crippen LogP contribution in [0.3, 0.4) is 0 Å². The number of aliphatic hydroxyl groups excluding tert-OH is 2. The van der Waals surface area contributed by atoms with Gasteiger partial charge < -0.3 is 19.8 Å². The van der Waals surface area contributed by atoms with Crippen molar-refractivity contribution in [2.75, 3.05) is 14.2 Å². The summed E-state index contributed by atoms with van der Waals surface area (Å²) in [5.74, 6) is 0. The van der Waals surface area contributed by atoms with E-state index in [1.165, 1.54) is 0 Å². The van der Waals surface area contributed by atoms with Crippen LogP contribution < -0.4 is 0 Å². The molecule has 0 aliphatic carbocycles. The van der Waals surface area contributed by atoms with Gasteiger partial charge in [0.05, 0.1) is 0 Å². The topological polar surface area (TPSA) is 74.6 Å². The summed E-state index contributed by atoms with van der Waals surface area (Å²) in [4.78, 5) is 15.5. The van der Waals surface area contributed by atoms with Gasteiger partial charge in [0, 0.05) is 14.2 Å². The molecule has 0 atom stereocenters. The molecule has 9 heavy (non-hydrogen) atoms. The Bertz CT molecular complexity index is 14.5. The summed E-state index contributed by atoms with van der Waals surface area (Å²) in [6.45, 7) is 6.50. The van der Waals surface area contributed by atoms with Gasteiger partial charge in [-0.25, -0.2) is 0 Å². The second-order valence-corrected chi connectivity index (χ2v) is 0. The Morgan fingerprint density at radius 2 is 0.778 bits per heavy atom. The first-order valence-electron chi connectivity index (χ1n) is 1.37. The fraction of sp³-hybridized carbons (Fsp3) is 0.500. The van der Waals surface area contributed by atoms with Crippen LogP contribution in [0.2, 0.25) is 0 Å². The molecule has 0 fully saturated rings. The van der Waals surface area contributed by atoms with Crippen molar-refractivity contribution in [3.63, 3.8) is 0 Å². The molecule has 0 aliphatic rings. The van der Waals surface area contributed by atoms with E-state index in [4.69, 9.17) is 19.8 Å². The summed E-state index contributed by atoms with van der Waals surface area (Å²) in [6.07, 6.45) is 0. The minimum Gasteiger partial charge on any atom is -0.545 e. The van der Waals surface area contributed by atoms with Gasteiger partial charge in [-0.2, -0.15) is 0 Å². The zero-order chi connectivity index (χ0) is 8.00. The van der Waals surface area contributed by atoms with Crippen molar-refractivity contribution >= 4 is 13.6 Å². The fourth-order valence-electron chi connectivity index (χ4n) is 0. The number of hydrogen-bond acceptors (Lipinski definition) is 4. The van der Waals surface area contributed by atoms with E-state index in [2.05, 4.69) is 13.6 Å². The summed E-state index contributed by atoms with van der Waals surface area (Å²) in [6, 6.07) is 0. The van der Waals surface area contributed by atoms with Crippen LogP contribution in [0.25, 0.3) is 0 Å². The third-order valence-corrected chi connectivity index (χ3v) is 0. The van der Waals surface area contributed by atoms with E-state index in [0.717, 1.165) is 14.2 Å². The molecule has 0 aromatic carbocycles. The van der Waals surface area contributed by atoms with Gasteiger partial charge in [0.25, 0.3) is 0 Å². The van der Waals surface area contributed by atoms with Gasteiger partial charge in [0.1, 0.15) is 0 Å². The van der Waals surface area contributed by atoms with Crippen LogP contribution in [0.4, 0.5) is 0 Å². The Morgan fingerprint density at radius 1 is 0.778 bits per heavy atom. The molecule has 0 saturated heterocycles. The summed E-state index contributed by atoms with van der Waals surface area (Å²) >= 11 is 0. The predicted octanol–water partition coefficient (Wildman–Crippen LogP) is -1.33. The quantitative estimate of drug-likeness (QED) is 0.275. The number of carbonyl (C=O) groups excluding carboxylic acids is 2. The normalized spacial score (nSPS) is 2.22. The Labute approximate surface area is 64.8 Å². The molecule has 0 radical (unpaired) electrons. The Hall–Kier alpha value is -0.246. The molecule has 0 aromatic rings. The summed E-state index contributed by atoms with van der Waals surface area (Å²) in [5, 5.41) is 14.0. The number of rotatable bonds is 0. The maximum Gasteiger partial charge on any atom is 2.00 e. The molecular weight excluding hydrogens is 171 g/mol. The molecule has 0 amide bonds. The van der Waals surface area contributed by atoms with Crippen LogP contribution in [-0.4, -0.2) is 38.0 Å². The second-order valence-electron chi connectivity index (χ2n) is 0. The third kappa shape index (κ3) is 4220. The van der Waals surface area contributed by atoms with E-state index < -0.39 is 0 Å². The van der Waals surface area contributed by atoms with Crippen molar-refractivity contribution < 1.29 is 36.3 Å². The number of hydrogen-bond donors (Lipinski definition) is 2. The SMILES string of the molecule is CO.CO.[CH-]=O.[CH-]=O.[Ni+2]. The predicted molar refractivity (Wildman–Crippen MR) is 29.8 cm³/mol. The van der Waals surface area contributed by atoms with Crippen LogP contribution in [0.1, 0.15) is 0 Å². The second kappa shape index (κ2) is 5820. The molecule has 2 N–H and O–H groups in total. The molecular formula is C4H10NiO4. The molecule has 60 valence electrons. The minimum absolute atomic E-state index is 0. The Kier molecular flexibility index (Phi) is 24200. The standard InChI is InChI=1S/2CH4O.2CHO.Ni/c4*1-2;/h2*2H,1H3;2*1H;/q;;2*-1;+2. The Morgan fingerprint density at radius 3 is 0.778 bits per heavy atom. The van der Waals surface area contributed by atoms with Gasteiger partial charge in [-0.05, 0) is 0 Å². The van der Waals surface area contributed by atoms with E-state index in [1.54, 1.807) is 0 Å². The van der Waals surface area contributed by atoms with E-state index in [0.29, 0.717) is 0 Å². The van der Waals surface area contributed by atoms with Gasteiger partial charge in [0.15, 0.2) is 0 Å². The van der Waals surface area contributed by atoms with Gasteiger partial charge >= 0.3 is 16.5 Å². The van der Waals surface area contributed by atoms with E-state index >= 15 is 0 Å². The average Bonchev–Trinajstić information content (AvgIpc) is 2.03.